The first-order valence-electron chi connectivity index (χ1n) is 9.11. The van der Waals surface area contributed by atoms with Gasteiger partial charge in [0.2, 0.25) is 0 Å². The van der Waals surface area contributed by atoms with Crippen LogP contribution in [0.4, 0.5) is 5.00 Å². The topological polar surface area (TPSA) is 44.4 Å². The second kappa shape index (κ2) is 6.46. The number of fused-ring (bicyclic) bond motifs is 3. The second-order valence-corrected chi connectivity index (χ2v) is 8.30. The number of amides is 1. The molecule has 2 aromatic rings. The third kappa shape index (κ3) is 2.96. The highest BCUT2D eigenvalue weighted by Crippen LogP contribution is 2.40. The highest BCUT2D eigenvalue weighted by Gasteiger charge is 2.33. The highest BCUT2D eigenvalue weighted by molar-refractivity contribution is 7.16. The van der Waals surface area contributed by atoms with E-state index >= 15 is 0 Å². The Labute approximate surface area is 153 Å². The van der Waals surface area contributed by atoms with Gasteiger partial charge in [-0.15, -0.1) is 11.3 Å². The molecule has 0 fully saturated rings. The Morgan fingerprint density at radius 2 is 2.00 bits per heavy atom. The summed E-state index contributed by atoms with van der Waals surface area (Å²) in [7, 11) is 0. The zero-order valence-corrected chi connectivity index (χ0v) is 15.9. The molecule has 1 unspecified atom stereocenters. The average Bonchev–Trinajstić information content (AvgIpc) is 2.99. The van der Waals surface area contributed by atoms with Crippen LogP contribution in [0, 0.1) is 0 Å². The number of hydrogen-bond donors (Lipinski definition) is 2. The minimum absolute atomic E-state index is 0.0640. The van der Waals surface area contributed by atoms with Crippen LogP contribution >= 0.6 is 11.3 Å². The van der Waals surface area contributed by atoms with Gasteiger partial charge in [0.1, 0.15) is 11.2 Å². The Morgan fingerprint density at radius 3 is 2.68 bits per heavy atom. The molecule has 0 saturated heterocycles. The summed E-state index contributed by atoms with van der Waals surface area (Å²) in [6.45, 7) is 9.65. The molecule has 0 bridgehead atoms. The maximum Gasteiger partial charge on any atom is 0.256 e. The summed E-state index contributed by atoms with van der Waals surface area (Å²) in [5.41, 5.74) is 4.55. The minimum atomic E-state index is -0.149. The van der Waals surface area contributed by atoms with Crippen LogP contribution in [-0.2, 0) is 13.0 Å². The number of benzene rings is 1. The molecule has 5 heteroatoms. The number of likely N-dealkylation sites (N-methyl/N-ethyl adjacent to an activating group) is 1. The third-order valence-corrected chi connectivity index (χ3v) is 6.45. The van der Waals surface area contributed by atoms with Crippen molar-refractivity contribution in [1.29, 1.82) is 0 Å². The second-order valence-electron chi connectivity index (χ2n) is 7.20. The Morgan fingerprint density at radius 1 is 1.24 bits per heavy atom. The van der Waals surface area contributed by atoms with Crippen LogP contribution in [0.5, 0.6) is 0 Å². The minimum Gasteiger partial charge on any atom is -0.353 e. The SMILES string of the molecule is CCN1CCc2c(sc3c2C(=O)NC(c2ccc(C(C)C)cc2)N3)C1. The Kier molecular flexibility index (Phi) is 4.29. The first kappa shape index (κ1) is 16.6. The first-order chi connectivity index (χ1) is 12.1. The van der Waals surface area contributed by atoms with Gasteiger partial charge in [0.05, 0.1) is 5.56 Å². The van der Waals surface area contributed by atoms with Gasteiger partial charge < -0.3 is 10.6 Å². The van der Waals surface area contributed by atoms with Crippen molar-refractivity contribution >= 4 is 22.2 Å². The van der Waals surface area contributed by atoms with Crippen molar-refractivity contribution in [3.8, 4) is 0 Å². The Balaban J connectivity index is 1.61. The average molecular weight is 356 g/mol. The van der Waals surface area contributed by atoms with E-state index in [1.165, 1.54) is 16.0 Å². The van der Waals surface area contributed by atoms with Gasteiger partial charge >= 0.3 is 0 Å². The fourth-order valence-electron chi connectivity index (χ4n) is 3.68. The van der Waals surface area contributed by atoms with Crippen molar-refractivity contribution in [2.24, 2.45) is 0 Å². The zero-order valence-electron chi connectivity index (χ0n) is 15.1. The van der Waals surface area contributed by atoms with Crippen molar-refractivity contribution in [2.45, 2.75) is 45.8 Å². The summed E-state index contributed by atoms with van der Waals surface area (Å²) >= 11 is 1.75. The van der Waals surface area contributed by atoms with Gasteiger partial charge in [-0.05, 0) is 35.6 Å². The predicted octanol–water partition coefficient (Wildman–Crippen LogP) is 4.10. The molecule has 2 aliphatic heterocycles. The van der Waals surface area contributed by atoms with Crippen LogP contribution in [0.25, 0.3) is 0 Å². The lowest BCUT2D eigenvalue weighted by Gasteiger charge is -2.28. The molecule has 25 heavy (non-hydrogen) atoms. The molecular formula is C20H25N3OS. The van der Waals surface area contributed by atoms with Gasteiger partial charge in [0, 0.05) is 18.0 Å². The van der Waals surface area contributed by atoms with E-state index in [1.54, 1.807) is 11.3 Å². The van der Waals surface area contributed by atoms with Crippen molar-refractivity contribution < 1.29 is 4.79 Å². The molecule has 1 amide bonds. The van der Waals surface area contributed by atoms with Crippen LogP contribution < -0.4 is 10.6 Å². The Bertz CT molecular complexity index is 794. The molecule has 0 spiro atoms. The molecule has 2 aliphatic rings. The molecule has 4 nitrogen and oxygen atoms in total. The van der Waals surface area contributed by atoms with Crippen molar-refractivity contribution in [3.05, 3.63) is 51.4 Å². The van der Waals surface area contributed by atoms with E-state index in [1.807, 2.05) is 0 Å². The van der Waals surface area contributed by atoms with Gasteiger partial charge in [-0.2, -0.15) is 0 Å². The van der Waals surface area contributed by atoms with Gasteiger partial charge in [-0.25, -0.2) is 0 Å². The van der Waals surface area contributed by atoms with Gasteiger partial charge in [-0.3, -0.25) is 9.69 Å². The number of carbonyl (C=O) groups is 1. The van der Waals surface area contributed by atoms with Crippen LogP contribution in [0.1, 0.15) is 64.8 Å². The molecule has 132 valence electrons. The van der Waals surface area contributed by atoms with E-state index in [0.29, 0.717) is 5.92 Å². The number of rotatable bonds is 3. The Hall–Kier alpha value is -1.85. The number of nitrogens with one attached hydrogen (secondary N) is 2. The zero-order chi connectivity index (χ0) is 17.6. The van der Waals surface area contributed by atoms with E-state index < -0.39 is 0 Å². The first-order valence-corrected chi connectivity index (χ1v) is 9.92. The van der Waals surface area contributed by atoms with E-state index in [4.69, 9.17) is 0 Å². The van der Waals surface area contributed by atoms with Crippen molar-refractivity contribution in [1.82, 2.24) is 10.2 Å². The lowest BCUT2D eigenvalue weighted by atomic mass is 9.98. The van der Waals surface area contributed by atoms with Gasteiger partial charge in [0.15, 0.2) is 0 Å². The molecule has 0 saturated carbocycles. The maximum atomic E-state index is 12.8. The van der Waals surface area contributed by atoms with Gasteiger partial charge in [0.25, 0.3) is 5.91 Å². The molecule has 1 atom stereocenters. The number of hydrogen-bond acceptors (Lipinski definition) is 4. The molecule has 2 N–H and O–H groups in total. The summed E-state index contributed by atoms with van der Waals surface area (Å²) in [6.07, 6.45) is 0.821. The molecule has 1 aromatic heterocycles. The van der Waals surface area contributed by atoms with E-state index in [2.05, 4.69) is 60.6 Å². The highest BCUT2D eigenvalue weighted by atomic mass is 32.1. The van der Waals surface area contributed by atoms with E-state index in [9.17, 15) is 4.79 Å². The smallest absolute Gasteiger partial charge is 0.256 e. The van der Waals surface area contributed by atoms with Crippen LogP contribution in [0.2, 0.25) is 0 Å². The lowest BCUT2D eigenvalue weighted by molar-refractivity contribution is 0.0934. The molecule has 0 aliphatic carbocycles. The fraction of sp³-hybridized carbons (Fsp3) is 0.450. The summed E-state index contributed by atoms with van der Waals surface area (Å²) in [5, 5.41) is 7.72. The van der Waals surface area contributed by atoms with E-state index in [-0.39, 0.29) is 12.1 Å². The monoisotopic (exact) mass is 355 g/mol. The van der Waals surface area contributed by atoms with Gasteiger partial charge in [-0.1, -0.05) is 45.0 Å². The third-order valence-electron chi connectivity index (χ3n) is 5.30. The van der Waals surface area contributed by atoms with Crippen LogP contribution in [0.3, 0.4) is 0 Å². The van der Waals surface area contributed by atoms with E-state index in [0.717, 1.165) is 42.2 Å². The van der Waals surface area contributed by atoms with Crippen LogP contribution in [0.15, 0.2) is 24.3 Å². The van der Waals surface area contributed by atoms with Crippen molar-refractivity contribution in [3.63, 3.8) is 0 Å². The molecule has 3 heterocycles. The largest absolute Gasteiger partial charge is 0.353 e. The molecule has 4 rings (SSSR count). The maximum absolute atomic E-state index is 12.8. The van der Waals surface area contributed by atoms with Crippen molar-refractivity contribution in [2.75, 3.05) is 18.4 Å². The number of nitrogens with zero attached hydrogens (tertiary/aromatic N) is 1. The number of thiophene rings is 1. The predicted molar refractivity (Wildman–Crippen MR) is 103 cm³/mol. The summed E-state index contributed by atoms with van der Waals surface area (Å²) in [5.74, 6) is 0.578. The van der Waals surface area contributed by atoms with Crippen LogP contribution in [-0.4, -0.2) is 23.9 Å². The normalized spacial score (nSPS) is 20.0. The number of anilines is 1. The molecule has 1 aromatic carbocycles. The quantitative estimate of drug-likeness (QED) is 0.871. The summed E-state index contributed by atoms with van der Waals surface area (Å²) < 4.78 is 0. The number of carbonyl (C=O) groups excluding carboxylic acids is 1. The summed E-state index contributed by atoms with van der Waals surface area (Å²) in [6, 6.07) is 8.54. The molecular weight excluding hydrogens is 330 g/mol. The molecule has 0 radical (unpaired) electrons. The lowest BCUT2D eigenvalue weighted by Crippen LogP contribution is -2.38. The summed E-state index contributed by atoms with van der Waals surface area (Å²) in [4.78, 5) is 16.5. The standard InChI is InChI=1S/C20H25N3OS/c1-4-23-10-9-15-16(11-23)25-20-17(15)19(24)21-18(22-20)14-7-5-13(6-8-14)12(2)3/h5-8,12,18,22H,4,9-11H2,1-3H3,(H,21,24). The fourth-order valence-corrected chi connectivity index (χ4v) is 4.99.